The molecule has 0 radical (unpaired) electrons. The number of hydrogen-bond donors (Lipinski definition) is 2. The molecule has 2 N–H and O–H groups in total. The number of hydrogen-bond acceptors (Lipinski definition) is 4. The second-order valence-corrected chi connectivity index (χ2v) is 8.59. The first-order valence-electron chi connectivity index (χ1n) is 11.0. The Morgan fingerprint density at radius 2 is 1.58 bits per heavy atom. The normalized spacial score (nSPS) is 11.3. The molecule has 0 bridgehead atoms. The van der Waals surface area contributed by atoms with E-state index in [1.165, 1.54) is 12.3 Å². The van der Waals surface area contributed by atoms with Crippen LogP contribution in [-0.4, -0.2) is 17.6 Å². The molecule has 2 amide bonds. The fourth-order valence-corrected chi connectivity index (χ4v) is 3.68. The molecule has 3 aromatic carbocycles. The molecule has 4 aromatic rings. The first-order valence-corrected chi connectivity index (χ1v) is 11.8. The third-order valence-corrected chi connectivity index (χ3v) is 5.55. The molecular weight excluding hydrogens is 520 g/mol. The van der Waals surface area contributed by atoms with E-state index in [0.29, 0.717) is 22.6 Å². The van der Waals surface area contributed by atoms with E-state index in [2.05, 4.69) is 26.6 Å². The Labute approximate surface area is 216 Å². The van der Waals surface area contributed by atoms with Crippen molar-refractivity contribution in [2.45, 2.75) is 0 Å². The van der Waals surface area contributed by atoms with E-state index in [4.69, 9.17) is 4.42 Å². The molecule has 4 rings (SSSR count). The van der Waals surface area contributed by atoms with Crippen molar-refractivity contribution in [2.24, 2.45) is 0 Å². The van der Waals surface area contributed by atoms with Crippen molar-refractivity contribution in [3.05, 3.63) is 136 Å². The fraction of sp³-hybridized carbons (Fsp3) is 0. The standard InChI is InChI=1S/C29H21BrN2O4/c30-23-9-4-6-20(18-23)19-26(32-28(34)22-7-2-1-3-8-22)29(35)31-24-13-11-21(12-14-24)27(33)16-15-25-10-5-17-36-25/h1-19H,(H,31,35)(H,32,34)/b16-15+,26-19-. The summed E-state index contributed by atoms with van der Waals surface area (Å²) in [5.74, 6) is -0.531. The number of benzene rings is 3. The monoisotopic (exact) mass is 540 g/mol. The average Bonchev–Trinajstić information content (AvgIpc) is 3.41. The average molecular weight is 541 g/mol. The first-order chi connectivity index (χ1) is 17.5. The molecule has 1 heterocycles. The van der Waals surface area contributed by atoms with Crippen molar-refractivity contribution in [3.8, 4) is 0 Å². The van der Waals surface area contributed by atoms with Gasteiger partial charge in [0.15, 0.2) is 5.78 Å². The number of carbonyl (C=O) groups is 3. The van der Waals surface area contributed by atoms with Crippen LogP contribution in [0.5, 0.6) is 0 Å². The summed E-state index contributed by atoms with van der Waals surface area (Å²) in [4.78, 5) is 38.3. The van der Waals surface area contributed by atoms with Crippen LogP contribution in [0.4, 0.5) is 5.69 Å². The molecule has 0 saturated heterocycles. The highest BCUT2D eigenvalue weighted by Crippen LogP contribution is 2.17. The smallest absolute Gasteiger partial charge is 0.272 e. The van der Waals surface area contributed by atoms with E-state index in [1.54, 1.807) is 72.8 Å². The van der Waals surface area contributed by atoms with Gasteiger partial charge < -0.3 is 15.1 Å². The van der Waals surface area contributed by atoms with Gasteiger partial charge in [-0.1, -0.05) is 46.3 Å². The summed E-state index contributed by atoms with van der Waals surface area (Å²) in [6.45, 7) is 0. The summed E-state index contributed by atoms with van der Waals surface area (Å²) in [6.07, 6.45) is 6.14. The van der Waals surface area contributed by atoms with Crippen LogP contribution in [0.2, 0.25) is 0 Å². The number of nitrogens with one attached hydrogen (secondary N) is 2. The van der Waals surface area contributed by atoms with Crippen molar-refractivity contribution in [1.29, 1.82) is 0 Å². The number of carbonyl (C=O) groups excluding carboxylic acids is 3. The van der Waals surface area contributed by atoms with E-state index in [9.17, 15) is 14.4 Å². The third-order valence-electron chi connectivity index (χ3n) is 5.06. The summed E-state index contributed by atoms with van der Waals surface area (Å²) in [5, 5.41) is 5.48. The second kappa shape index (κ2) is 11.8. The number of rotatable bonds is 8. The highest BCUT2D eigenvalue weighted by Gasteiger charge is 2.15. The van der Waals surface area contributed by atoms with E-state index >= 15 is 0 Å². The van der Waals surface area contributed by atoms with Gasteiger partial charge in [0, 0.05) is 21.3 Å². The van der Waals surface area contributed by atoms with E-state index < -0.39 is 11.8 Å². The maximum absolute atomic E-state index is 13.1. The minimum atomic E-state index is -0.504. The highest BCUT2D eigenvalue weighted by atomic mass is 79.9. The highest BCUT2D eigenvalue weighted by molar-refractivity contribution is 9.10. The summed E-state index contributed by atoms with van der Waals surface area (Å²) in [7, 11) is 0. The Bertz CT molecular complexity index is 1420. The molecule has 0 saturated carbocycles. The van der Waals surface area contributed by atoms with Crippen LogP contribution in [0.3, 0.4) is 0 Å². The van der Waals surface area contributed by atoms with Crippen molar-refractivity contribution in [3.63, 3.8) is 0 Å². The SMILES string of the molecule is O=C(Nc1ccc(C(=O)/C=C/c2ccco2)cc1)/C(=C/c1cccc(Br)c1)NC(=O)c1ccccc1. The maximum Gasteiger partial charge on any atom is 0.272 e. The topological polar surface area (TPSA) is 88.4 Å². The van der Waals surface area contributed by atoms with Gasteiger partial charge in [0.2, 0.25) is 0 Å². The second-order valence-electron chi connectivity index (χ2n) is 7.68. The Morgan fingerprint density at radius 3 is 2.28 bits per heavy atom. The number of allylic oxidation sites excluding steroid dienone is 1. The van der Waals surface area contributed by atoms with Crippen molar-refractivity contribution < 1.29 is 18.8 Å². The minimum Gasteiger partial charge on any atom is -0.465 e. The summed E-state index contributed by atoms with van der Waals surface area (Å²) in [6, 6.07) is 26.0. The minimum absolute atomic E-state index is 0.0727. The van der Waals surface area contributed by atoms with Gasteiger partial charge >= 0.3 is 0 Å². The third kappa shape index (κ3) is 6.77. The first kappa shape index (κ1) is 24.6. The molecule has 0 unspecified atom stereocenters. The number of ketones is 1. The molecule has 1 aromatic heterocycles. The molecule has 36 heavy (non-hydrogen) atoms. The lowest BCUT2D eigenvalue weighted by atomic mass is 10.1. The van der Waals surface area contributed by atoms with Crippen LogP contribution in [-0.2, 0) is 4.79 Å². The molecule has 0 aliphatic carbocycles. The van der Waals surface area contributed by atoms with E-state index in [-0.39, 0.29) is 11.5 Å². The molecule has 0 fully saturated rings. The molecule has 7 heteroatoms. The van der Waals surface area contributed by atoms with Gasteiger partial charge in [-0.25, -0.2) is 0 Å². The molecule has 0 atom stereocenters. The zero-order chi connectivity index (χ0) is 25.3. The molecule has 178 valence electrons. The van der Waals surface area contributed by atoms with Gasteiger partial charge in [-0.15, -0.1) is 0 Å². The number of amides is 2. The van der Waals surface area contributed by atoms with Gasteiger partial charge in [0.05, 0.1) is 6.26 Å². The van der Waals surface area contributed by atoms with Crippen LogP contribution >= 0.6 is 15.9 Å². The van der Waals surface area contributed by atoms with E-state index in [1.807, 2.05) is 30.3 Å². The lowest BCUT2D eigenvalue weighted by Crippen LogP contribution is -2.30. The zero-order valence-electron chi connectivity index (χ0n) is 19.0. The van der Waals surface area contributed by atoms with Gasteiger partial charge in [-0.05, 0) is 84.5 Å². The van der Waals surface area contributed by atoms with Gasteiger partial charge in [-0.2, -0.15) is 0 Å². The van der Waals surface area contributed by atoms with Gasteiger partial charge in [0.25, 0.3) is 11.8 Å². The summed E-state index contributed by atoms with van der Waals surface area (Å²) < 4.78 is 6.02. The predicted molar refractivity (Wildman–Crippen MR) is 143 cm³/mol. The predicted octanol–water partition coefficient (Wildman–Crippen LogP) is 6.35. The lowest BCUT2D eigenvalue weighted by molar-refractivity contribution is -0.113. The maximum atomic E-state index is 13.1. The number of furan rings is 1. The Morgan fingerprint density at radius 1 is 0.806 bits per heavy atom. The van der Waals surface area contributed by atoms with Crippen LogP contribution in [0, 0.1) is 0 Å². The molecule has 0 aliphatic rings. The van der Waals surface area contributed by atoms with Crippen molar-refractivity contribution in [1.82, 2.24) is 5.32 Å². The number of anilines is 1. The van der Waals surface area contributed by atoms with Crippen LogP contribution in [0.15, 0.2) is 118 Å². The van der Waals surface area contributed by atoms with Crippen LogP contribution < -0.4 is 10.6 Å². The van der Waals surface area contributed by atoms with Crippen molar-refractivity contribution in [2.75, 3.05) is 5.32 Å². The Balaban J connectivity index is 1.50. The molecule has 0 aliphatic heterocycles. The lowest BCUT2D eigenvalue weighted by Gasteiger charge is -2.12. The van der Waals surface area contributed by atoms with Gasteiger partial charge in [0.1, 0.15) is 11.5 Å². The van der Waals surface area contributed by atoms with Crippen LogP contribution in [0.25, 0.3) is 12.2 Å². The Hall–Kier alpha value is -4.49. The molecule has 0 spiro atoms. The fourth-order valence-electron chi connectivity index (χ4n) is 3.26. The van der Waals surface area contributed by atoms with Crippen LogP contribution in [0.1, 0.15) is 32.0 Å². The summed E-state index contributed by atoms with van der Waals surface area (Å²) in [5.41, 5.74) is 2.16. The largest absolute Gasteiger partial charge is 0.465 e. The summed E-state index contributed by atoms with van der Waals surface area (Å²) >= 11 is 3.42. The van der Waals surface area contributed by atoms with Crippen molar-refractivity contribution >= 4 is 51.4 Å². The van der Waals surface area contributed by atoms with E-state index in [0.717, 1.165) is 10.0 Å². The molecule has 6 nitrogen and oxygen atoms in total. The zero-order valence-corrected chi connectivity index (χ0v) is 20.6. The quantitative estimate of drug-likeness (QED) is 0.201. The van der Waals surface area contributed by atoms with Gasteiger partial charge in [-0.3, -0.25) is 14.4 Å². The number of halogens is 1. The molecular formula is C29H21BrN2O4. The Kier molecular flexibility index (Phi) is 8.05.